The molecular formula is C13H14N4O4. The van der Waals surface area contributed by atoms with Crippen molar-refractivity contribution < 1.29 is 19.8 Å². The number of nitrogens with two attached hydrogens (primary N) is 1. The first-order chi connectivity index (χ1) is 10.0. The Balaban J connectivity index is 2.11. The summed E-state index contributed by atoms with van der Waals surface area (Å²) in [6.45, 7) is 0.982. The molecule has 0 spiro atoms. The summed E-state index contributed by atoms with van der Waals surface area (Å²) in [5.41, 5.74) is 5.64. The number of carbonyl (C=O) groups is 2. The standard InChI is InChI=1S/C13H14N4O4/c14-3-4-17-6-10(15-7-17)12(19)16-8-1-2-9(13(20)21)11(18)5-8/h1-2,5-7,18H,3-4,14H2,(H,16,19)(H,20,21). The zero-order valence-electron chi connectivity index (χ0n) is 11.0. The van der Waals surface area contributed by atoms with Crippen LogP contribution in [0.2, 0.25) is 0 Å². The number of carboxylic acids is 1. The van der Waals surface area contributed by atoms with Gasteiger partial charge < -0.3 is 25.8 Å². The predicted molar refractivity (Wildman–Crippen MR) is 74.3 cm³/mol. The van der Waals surface area contributed by atoms with Crippen LogP contribution in [0.25, 0.3) is 0 Å². The van der Waals surface area contributed by atoms with Gasteiger partial charge in [-0.25, -0.2) is 9.78 Å². The fourth-order valence-corrected chi connectivity index (χ4v) is 1.73. The first-order valence-electron chi connectivity index (χ1n) is 6.10. The number of aromatic carboxylic acids is 1. The molecular weight excluding hydrogens is 276 g/mol. The number of hydrogen-bond acceptors (Lipinski definition) is 5. The highest BCUT2D eigenvalue weighted by atomic mass is 16.4. The number of carbonyl (C=O) groups excluding carboxylic acids is 1. The number of aromatic hydroxyl groups is 1. The number of imidazole rings is 1. The summed E-state index contributed by atoms with van der Waals surface area (Å²) in [5.74, 6) is -2.13. The maximum absolute atomic E-state index is 11.9. The first-order valence-corrected chi connectivity index (χ1v) is 6.10. The van der Waals surface area contributed by atoms with Crippen LogP contribution in [0.1, 0.15) is 20.8 Å². The normalized spacial score (nSPS) is 10.3. The number of amides is 1. The van der Waals surface area contributed by atoms with Gasteiger partial charge in [-0.1, -0.05) is 0 Å². The van der Waals surface area contributed by atoms with E-state index in [1.165, 1.54) is 18.5 Å². The maximum atomic E-state index is 11.9. The quantitative estimate of drug-likeness (QED) is 0.634. The molecule has 110 valence electrons. The average molecular weight is 290 g/mol. The molecule has 8 heteroatoms. The van der Waals surface area contributed by atoms with E-state index in [9.17, 15) is 14.7 Å². The minimum Gasteiger partial charge on any atom is -0.507 e. The third kappa shape index (κ3) is 3.37. The third-order valence-corrected chi connectivity index (χ3v) is 2.74. The molecule has 2 aromatic rings. The van der Waals surface area contributed by atoms with E-state index in [0.717, 1.165) is 6.07 Å². The van der Waals surface area contributed by atoms with Gasteiger partial charge in [0.2, 0.25) is 0 Å². The molecule has 0 unspecified atom stereocenters. The Bertz CT molecular complexity index is 681. The lowest BCUT2D eigenvalue weighted by atomic mass is 10.2. The molecule has 1 aromatic carbocycles. The lowest BCUT2D eigenvalue weighted by molar-refractivity contribution is 0.0693. The van der Waals surface area contributed by atoms with Gasteiger partial charge in [-0.2, -0.15) is 0 Å². The van der Waals surface area contributed by atoms with Gasteiger partial charge in [0.25, 0.3) is 5.91 Å². The second-order valence-corrected chi connectivity index (χ2v) is 4.28. The fourth-order valence-electron chi connectivity index (χ4n) is 1.73. The number of hydrogen-bond donors (Lipinski definition) is 4. The SMILES string of the molecule is NCCn1cnc(C(=O)Nc2ccc(C(=O)O)c(O)c2)c1. The van der Waals surface area contributed by atoms with Crippen molar-refractivity contribution >= 4 is 17.6 Å². The Kier molecular flexibility index (Phi) is 4.19. The number of nitrogens with one attached hydrogen (secondary N) is 1. The van der Waals surface area contributed by atoms with Crippen LogP contribution in [-0.2, 0) is 6.54 Å². The van der Waals surface area contributed by atoms with E-state index in [2.05, 4.69) is 10.3 Å². The number of anilines is 1. The molecule has 21 heavy (non-hydrogen) atoms. The minimum atomic E-state index is -1.24. The molecule has 8 nitrogen and oxygen atoms in total. The van der Waals surface area contributed by atoms with E-state index in [1.807, 2.05) is 0 Å². The number of nitrogens with zero attached hydrogens (tertiary/aromatic N) is 2. The highest BCUT2D eigenvalue weighted by Gasteiger charge is 2.13. The molecule has 0 aliphatic rings. The minimum absolute atomic E-state index is 0.199. The summed E-state index contributed by atoms with van der Waals surface area (Å²) in [6.07, 6.45) is 3.04. The fraction of sp³-hybridized carbons (Fsp3) is 0.154. The predicted octanol–water partition coefficient (Wildman–Crippen LogP) is 0.498. The Hall–Kier alpha value is -2.87. The Morgan fingerprint density at radius 2 is 2.14 bits per heavy atom. The summed E-state index contributed by atoms with van der Waals surface area (Å²) >= 11 is 0. The van der Waals surface area contributed by atoms with E-state index in [-0.39, 0.29) is 16.9 Å². The summed E-state index contributed by atoms with van der Waals surface area (Å²) in [6, 6.07) is 3.76. The van der Waals surface area contributed by atoms with E-state index < -0.39 is 17.6 Å². The summed E-state index contributed by atoms with van der Waals surface area (Å²) in [7, 11) is 0. The number of phenols is 1. The van der Waals surface area contributed by atoms with Gasteiger partial charge in [-0.05, 0) is 12.1 Å². The highest BCUT2D eigenvalue weighted by Crippen LogP contribution is 2.22. The van der Waals surface area contributed by atoms with Gasteiger partial charge in [0, 0.05) is 31.0 Å². The van der Waals surface area contributed by atoms with Crippen LogP contribution in [0, 0.1) is 0 Å². The van der Waals surface area contributed by atoms with E-state index in [4.69, 9.17) is 10.8 Å². The van der Waals surface area contributed by atoms with Crippen molar-refractivity contribution in [2.75, 3.05) is 11.9 Å². The van der Waals surface area contributed by atoms with Crippen LogP contribution in [0.5, 0.6) is 5.75 Å². The second kappa shape index (κ2) is 6.06. The van der Waals surface area contributed by atoms with E-state index >= 15 is 0 Å². The Labute approximate surface area is 119 Å². The van der Waals surface area contributed by atoms with Crippen molar-refractivity contribution in [1.29, 1.82) is 0 Å². The zero-order chi connectivity index (χ0) is 15.4. The van der Waals surface area contributed by atoms with Crippen molar-refractivity contribution in [2.24, 2.45) is 5.73 Å². The number of rotatable bonds is 5. The van der Waals surface area contributed by atoms with Crippen LogP contribution in [0.3, 0.4) is 0 Å². The molecule has 1 aromatic heterocycles. The summed E-state index contributed by atoms with van der Waals surface area (Å²) < 4.78 is 1.68. The summed E-state index contributed by atoms with van der Waals surface area (Å²) in [5, 5.41) is 20.9. The average Bonchev–Trinajstić information content (AvgIpc) is 2.87. The van der Waals surface area contributed by atoms with Gasteiger partial charge >= 0.3 is 5.97 Å². The molecule has 2 rings (SSSR count). The van der Waals surface area contributed by atoms with Crippen LogP contribution in [-0.4, -0.2) is 38.2 Å². The molecule has 0 aliphatic carbocycles. The molecule has 0 aliphatic heterocycles. The third-order valence-electron chi connectivity index (χ3n) is 2.74. The van der Waals surface area contributed by atoms with Crippen LogP contribution in [0.15, 0.2) is 30.7 Å². The first kappa shape index (κ1) is 14.5. The number of benzene rings is 1. The van der Waals surface area contributed by atoms with Crippen molar-refractivity contribution in [2.45, 2.75) is 6.54 Å². The van der Waals surface area contributed by atoms with Crippen LogP contribution < -0.4 is 11.1 Å². The molecule has 5 N–H and O–H groups in total. The molecule has 0 atom stereocenters. The monoisotopic (exact) mass is 290 g/mol. The molecule has 0 saturated carbocycles. The second-order valence-electron chi connectivity index (χ2n) is 4.28. The molecule has 1 amide bonds. The van der Waals surface area contributed by atoms with Crippen LogP contribution in [0.4, 0.5) is 5.69 Å². The molecule has 1 heterocycles. The van der Waals surface area contributed by atoms with E-state index in [1.54, 1.807) is 10.8 Å². The lowest BCUT2D eigenvalue weighted by Gasteiger charge is -2.05. The largest absolute Gasteiger partial charge is 0.507 e. The topological polar surface area (TPSA) is 130 Å². The van der Waals surface area contributed by atoms with Crippen LogP contribution >= 0.6 is 0 Å². The van der Waals surface area contributed by atoms with Crippen molar-refractivity contribution in [3.05, 3.63) is 42.0 Å². The molecule has 0 radical (unpaired) electrons. The van der Waals surface area contributed by atoms with Crippen molar-refractivity contribution in [3.63, 3.8) is 0 Å². The smallest absolute Gasteiger partial charge is 0.339 e. The Morgan fingerprint density at radius 3 is 2.76 bits per heavy atom. The van der Waals surface area contributed by atoms with Gasteiger partial charge in [-0.3, -0.25) is 4.79 Å². The van der Waals surface area contributed by atoms with Gasteiger partial charge in [0.1, 0.15) is 17.0 Å². The molecule has 0 saturated heterocycles. The summed E-state index contributed by atoms with van der Waals surface area (Å²) in [4.78, 5) is 26.7. The zero-order valence-corrected chi connectivity index (χ0v) is 11.0. The van der Waals surface area contributed by atoms with Gasteiger partial charge in [0.15, 0.2) is 0 Å². The number of aromatic nitrogens is 2. The van der Waals surface area contributed by atoms with E-state index in [0.29, 0.717) is 13.1 Å². The Morgan fingerprint density at radius 1 is 1.38 bits per heavy atom. The maximum Gasteiger partial charge on any atom is 0.339 e. The number of carboxylic acid groups (broad SMARTS) is 1. The van der Waals surface area contributed by atoms with Gasteiger partial charge in [0.05, 0.1) is 6.33 Å². The van der Waals surface area contributed by atoms with Crippen molar-refractivity contribution in [1.82, 2.24) is 9.55 Å². The molecule has 0 fully saturated rings. The van der Waals surface area contributed by atoms with Gasteiger partial charge in [-0.15, -0.1) is 0 Å². The highest BCUT2D eigenvalue weighted by molar-refractivity contribution is 6.03. The molecule has 0 bridgehead atoms. The lowest BCUT2D eigenvalue weighted by Crippen LogP contribution is -2.13. The van der Waals surface area contributed by atoms with Crippen molar-refractivity contribution in [3.8, 4) is 5.75 Å².